The predicted octanol–water partition coefficient (Wildman–Crippen LogP) is 0.689. The summed E-state index contributed by atoms with van der Waals surface area (Å²) in [4.78, 5) is 15.1. The number of aromatic nitrogens is 1. The maximum Gasteiger partial charge on any atom is 0.298 e. The van der Waals surface area contributed by atoms with Crippen molar-refractivity contribution in [2.24, 2.45) is 0 Å². The van der Waals surface area contributed by atoms with Crippen LogP contribution in [0.25, 0.3) is 0 Å². The van der Waals surface area contributed by atoms with Crippen LogP contribution in [0, 0.1) is 0 Å². The van der Waals surface area contributed by atoms with Crippen LogP contribution in [0.3, 0.4) is 0 Å². The quantitative estimate of drug-likeness (QED) is 0.813. The summed E-state index contributed by atoms with van der Waals surface area (Å²) in [5.41, 5.74) is 6.59. The highest BCUT2D eigenvalue weighted by Gasteiger charge is 2.30. The van der Waals surface area contributed by atoms with Gasteiger partial charge in [0.15, 0.2) is 5.69 Å². The number of nitrogen functional groups attached to an aromatic ring is 1. The van der Waals surface area contributed by atoms with Crippen LogP contribution >= 0.6 is 11.3 Å². The first-order valence-corrected chi connectivity index (χ1v) is 6.27. The van der Waals surface area contributed by atoms with Gasteiger partial charge in [0, 0.05) is 0 Å². The molecule has 0 radical (unpaired) electrons. The molecular weight excluding hydrogens is 224 g/mol. The van der Waals surface area contributed by atoms with E-state index in [2.05, 4.69) is 4.98 Å². The van der Waals surface area contributed by atoms with Gasteiger partial charge in [-0.15, -0.1) is 11.3 Å². The second-order valence-corrected chi connectivity index (χ2v) is 6.24. The monoisotopic (exact) mass is 234 g/mol. The summed E-state index contributed by atoms with van der Waals surface area (Å²) in [5.74, 6) is 0. The van der Waals surface area contributed by atoms with Crippen molar-refractivity contribution in [3.8, 4) is 0 Å². The van der Waals surface area contributed by atoms with E-state index in [0.717, 1.165) is 11.3 Å². The Labute approximate surface area is 85.9 Å². The van der Waals surface area contributed by atoms with E-state index in [1.165, 1.54) is 19.4 Å². The fourth-order valence-electron chi connectivity index (χ4n) is 0.757. The fourth-order valence-corrected chi connectivity index (χ4v) is 2.21. The molecule has 0 bridgehead atoms. The van der Waals surface area contributed by atoms with Crippen LogP contribution in [0.15, 0.2) is 5.51 Å². The number of thiazole rings is 1. The lowest BCUT2D eigenvalue weighted by atomic mass is 10.5. The highest BCUT2D eigenvalue weighted by Crippen LogP contribution is 2.19. The molecule has 0 aliphatic carbocycles. The summed E-state index contributed by atoms with van der Waals surface area (Å²) in [6, 6.07) is 0. The summed E-state index contributed by atoms with van der Waals surface area (Å²) in [6.45, 7) is 2.88. The minimum atomic E-state index is -3.80. The van der Waals surface area contributed by atoms with E-state index in [1.807, 2.05) is 0 Å². The topological polar surface area (TPSA) is 90.1 Å². The zero-order chi connectivity index (χ0) is 10.9. The van der Waals surface area contributed by atoms with Gasteiger partial charge >= 0.3 is 0 Å². The number of nitrogens with zero attached hydrogens (tertiary/aromatic N) is 1. The average molecular weight is 234 g/mol. The number of sulfone groups is 1. The van der Waals surface area contributed by atoms with Gasteiger partial charge in [-0.1, -0.05) is 0 Å². The molecule has 0 saturated heterocycles. The van der Waals surface area contributed by atoms with E-state index in [0.29, 0.717) is 0 Å². The molecule has 1 rings (SSSR count). The molecule has 78 valence electrons. The molecule has 1 heterocycles. The van der Waals surface area contributed by atoms with E-state index in [9.17, 15) is 13.2 Å². The van der Waals surface area contributed by atoms with Crippen molar-refractivity contribution in [2.75, 3.05) is 5.73 Å². The molecule has 0 aliphatic heterocycles. The SMILES string of the molecule is CC(C)S(=O)(=O)C(=O)c1ncsc1N. The largest absolute Gasteiger partial charge is 0.389 e. The zero-order valence-electron chi connectivity index (χ0n) is 7.72. The Bertz CT molecular complexity index is 447. The second kappa shape index (κ2) is 3.66. The molecule has 2 N–H and O–H groups in total. The molecule has 1 aromatic rings. The van der Waals surface area contributed by atoms with E-state index >= 15 is 0 Å². The number of carbonyl (C=O) groups is 1. The first-order valence-electron chi connectivity index (χ1n) is 3.84. The molecule has 14 heavy (non-hydrogen) atoms. The van der Waals surface area contributed by atoms with Crippen LogP contribution in [0.2, 0.25) is 0 Å². The summed E-state index contributed by atoms with van der Waals surface area (Å²) >= 11 is 1.04. The molecule has 0 saturated carbocycles. The molecule has 0 unspecified atom stereocenters. The molecule has 0 fully saturated rings. The second-order valence-electron chi connectivity index (χ2n) is 2.95. The molecule has 0 aliphatic rings. The van der Waals surface area contributed by atoms with Gasteiger partial charge in [-0.2, -0.15) is 0 Å². The minimum Gasteiger partial charge on any atom is -0.389 e. The fraction of sp³-hybridized carbons (Fsp3) is 0.429. The Morgan fingerprint density at radius 1 is 1.57 bits per heavy atom. The molecule has 1 aromatic heterocycles. The molecule has 7 heteroatoms. The van der Waals surface area contributed by atoms with E-state index in [1.54, 1.807) is 0 Å². The van der Waals surface area contributed by atoms with Gasteiger partial charge < -0.3 is 5.73 Å². The molecule has 0 atom stereocenters. The smallest absolute Gasteiger partial charge is 0.298 e. The van der Waals surface area contributed by atoms with Crippen LogP contribution in [0.1, 0.15) is 24.3 Å². The zero-order valence-corrected chi connectivity index (χ0v) is 9.35. The van der Waals surface area contributed by atoms with Gasteiger partial charge in [-0.3, -0.25) is 4.79 Å². The summed E-state index contributed by atoms with van der Waals surface area (Å²) in [6.07, 6.45) is 0. The van der Waals surface area contributed by atoms with Gasteiger partial charge in [0.05, 0.1) is 10.8 Å². The van der Waals surface area contributed by atoms with Crippen molar-refractivity contribution >= 4 is 31.3 Å². The van der Waals surface area contributed by atoms with Crippen LogP contribution in [0.5, 0.6) is 0 Å². The Hall–Kier alpha value is -0.950. The van der Waals surface area contributed by atoms with Crippen LogP contribution < -0.4 is 5.73 Å². The lowest BCUT2D eigenvalue weighted by Gasteiger charge is -2.04. The van der Waals surface area contributed by atoms with E-state index in [4.69, 9.17) is 5.73 Å². The van der Waals surface area contributed by atoms with Gasteiger partial charge in [-0.25, -0.2) is 13.4 Å². The van der Waals surface area contributed by atoms with Crippen molar-refractivity contribution in [1.82, 2.24) is 4.98 Å². The molecule has 0 spiro atoms. The number of nitrogens with two attached hydrogens (primary N) is 1. The van der Waals surface area contributed by atoms with Crippen LogP contribution in [0.4, 0.5) is 5.00 Å². The lowest BCUT2D eigenvalue weighted by molar-refractivity contribution is 0.107. The average Bonchev–Trinajstić information content (AvgIpc) is 2.49. The van der Waals surface area contributed by atoms with E-state index in [-0.39, 0.29) is 10.7 Å². The van der Waals surface area contributed by atoms with Crippen molar-refractivity contribution in [2.45, 2.75) is 19.1 Å². The standard InChI is InChI=1S/C7H10N2O3S2/c1-4(2)14(11,12)7(10)5-6(8)13-3-9-5/h3-4H,8H2,1-2H3. The first-order chi connectivity index (χ1) is 6.37. The third-order valence-corrected chi connectivity index (χ3v) is 4.28. The third kappa shape index (κ3) is 1.78. The third-order valence-electron chi connectivity index (χ3n) is 1.67. The van der Waals surface area contributed by atoms with Crippen molar-refractivity contribution < 1.29 is 13.2 Å². The highest BCUT2D eigenvalue weighted by molar-refractivity contribution is 8.07. The highest BCUT2D eigenvalue weighted by atomic mass is 32.2. The van der Waals surface area contributed by atoms with Gasteiger partial charge in [0.2, 0.25) is 9.84 Å². The maximum absolute atomic E-state index is 11.5. The molecule has 5 nitrogen and oxygen atoms in total. The molecule has 0 amide bonds. The molecule has 0 aromatic carbocycles. The predicted molar refractivity (Wildman–Crippen MR) is 54.9 cm³/mol. The van der Waals surface area contributed by atoms with Crippen LogP contribution in [-0.2, 0) is 9.84 Å². The number of anilines is 1. The Kier molecular flexibility index (Phi) is 2.91. The van der Waals surface area contributed by atoms with Gasteiger partial charge in [-0.05, 0) is 13.8 Å². The Morgan fingerprint density at radius 2 is 2.14 bits per heavy atom. The summed E-state index contributed by atoms with van der Waals surface area (Å²) in [5, 5.41) is -1.61. The maximum atomic E-state index is 11.5. The van der Waals surface area contributed by atoms with Crippen molar-refractivity contribution in [1.29, 1.82) is 0 Å². The lowest BCUT2D eigenvalue weighted by Crippen LogP contribution is -2.24. The van der Waals surface area contributed by atoms with Crippen molar-refractivity contribution in [3.05, 3.63) is 11.2 Å². The van der Waals surface area contributed by atoms with Gasteiger partial charge in [0.25, 0.3) is 5.12 Å². The summed E-state index contributed by atoms with van der Waals surface area (Å²) < 4.78 is 22.9. The van der Waals surface area contributed by atoms with Crippen LogP contribution in [-0.4, -0.2) is 23.8 Å². The van der Waals surface area contributed by atoms with Crippen molar-refractivity contribution in [3.63, 3.8) is 0 Å². The number of hydrogen-bond donors (Lipinski definition) is 1. The van der Waals surface area contributed by atoms with E-state index < -0.39 is 20.2 Å². The number of rotatable bonds is 2. The van der Waals surface area contributed by atoms with Gasteiger partial charge in [0.1, 0.15) is 5.00 Å². The Balaban J connectivity index is 3.16. The normalized spacial score (nSPS) is 11.9. The number of hydrogen-bond acceptors (Lipinski definition) is 6. The minimum absolute atomic E-state index is 0.138. The molecular formula is C7H10N2O3S2. The first kappa shape index (κ1) is 11.1. The Morgan fingerprint density at radius 3 is 2.50 bits per heavy atom. The summed E-state index contributed by atoms with van der Waals surface area (Å²) in [7, 11) is -3.80. The number of carbonyl (C=O) groups excluding carboxylic acids is 1.